The zero-order valence-electron chi connectivity index (χ0n) is 16.9. The van der Waals surface area contributed by atoms with Crippen LogP contribution in [0.1, 0.15) is 103 Å². The first kappa shape index (κ1) is 22.2. The van der Waals surface area contributed by atoms with Gasteiger partial charge in [0.2, 0.25) is 6.29 Å². The molecule has 0 aromatic heterocycles. The molecule has 2 unspecified atom stereocenters. The van der Waals surface area contributed by atoms with Crippen molar-refractivity contribution >= 4 is 23.2 Å². The first-order valence-electron chi connectivity index (χ1n) is 11.4. The standard InChI is InChI=1S/C23H38Cl2O2/c1-2-15-23(24,25)17-22-26-20-13-14-21(27-22)19-11-7-3-5-9-18(16-20)10-6-4-8-12-19/h18-21H,1-17H2. The average Bonchev–Trinajstić information content (AvgIpc) is 2.76. The van der Waals surface area contributed by atoms with E-state index in [2.05, 4.69) is 6.92 Å². The van der Waals surface area contributed by atoms with E-state index in [1.807, 2.05) is 0 Å². The smallest absolute Gasteiger partial charge is 0.227 e. The minimum Gasteiger partial charge on any atom is -0.342 e. The SMILES string of the molecule is [CH2]CCC(Cl)(Cl)C[C]1OC2CCC(O1)C1CCCCCC(CCCCC1)C2. The highest BCUT2D eigenvalue weighted by atomic mass is 35.5. The van der Waals surface area contributed by atoms with Crippen LogP contribution in [-0.2, 0) is 9.47 Å². The summed E-state index contributed by atoms with van der Waals surface area (Å²) in [5.74, 6) is 1.43. The van der Waals surface area contributed by atoms with Gasteiger partial charge in [0.25, 0.3) is 0 Å². The lowest BCUT2D eigenvalue weighted by Crippen LogP contribution is -2.28. The second-order valence-electron chi connectivity index (χ2n) is 9.12. The van der Waals surface area contributed by atoms with Crippen LogP contribution in [0, 0.1) is 25.0 Å². The van der Waals surface area contributed by atoms with Crippen molar-refractivity contribution in [2.24, 2.45) is 11.8 Å². The molecule has 0 aromatic carbocycles. The summed E-state index contributed by atoms with van der Waals surface area (Å²) in [7, 11) is 0. The minimum absolute atomic E-state index is 0.262. The molecular weight excluding hydrogens is 379 g/mol. The Bertz CT molecular complexity index is 415. The van der Waals surface area contributed by atoms with Crippen LogP contribution in [0.5, 0.6) is 0 Å². The molecule has 27 heavy (non-hydrogen) atoms. The van der Waals surface area contributed by atoms with E-state index in [0.717, 1.165) is 31.6 Å². The molecule has 0 spiro atoms. The molecule has 2 atom stereocenters. The summed E-state index contributed by atoms with van der Waals surface area (Å²) < 4.78 is 12.1. The van der Waals surface area contributed by atoms with Crippen LogP contribution >= 0.6 is 23.2 Å². The molecule has 3 saturated carbocycles. The van der Waals surface area contributed by atoms with Crippen molar-refractivity contribution in [3.8, 4) is 0 Å². The van der Waals surface area contributed by atoms with Crippen LogP contribution in [0.15, 0.2) is 0 Å². The molecule has 0 N–H and O–H groups in total. The third-order valence-electron chi connectivity index (χ3n) is 6.80. The van der Waals surface area contributed by atoms with Crippen LogP contribution in [0.4, 0.5) is 0 Å². The van der Waals surface area contributed by atoms with Crippen LogP contribution in [0.2, 0.25) is 0 Å². The van der Waals surface area contributed by atoms with Gasteiger partial charge in [-0.05, 0) is 50.4 Å². The molecule has 3 aliphatic carbocycles. The number of halogens is 2. The highest BCUT2D eigenvalue weighted by Gasteiger charge is 2.38. The molecule has 1 heterocycles. The summed E-state index contributed by atoms with van der Waals surface area (Å²) in [6.07, 6.45) is 19.9. The summed E-state index contributed by atoms with van der Waals surface area (Å²) in [5, 5.41) is 0. The van der Waals surface area contributed by atoms with Crippen molar-refractivity contribution in [2.45, 2.75) is 119 Å². The van der Waals surface area contributed by atoms with Gasteiger partial charge in [-0.15, -0.1) is 23.2 Å². The molecular formula is C23H38Cl2O2. The second-order valence-corrected chi connectivity index (χ2v) is 10.8. The maximum absolute atomic E-state index is 6.55. The van der Waals surface area contributed by atoms with Gasteiger partial charge in [0.15, 0.2) is 0 Å². The molecule has 0 amide bonds. The predicted molar refractivity (Wildman–Crippen MR) is 114 cm³/mol. The lowest BCUT2D eigenvalue weighted by atomic mass is 9.82. The number of ether oxygens (including phenoxy) is 2. The number of hydrogen-bond donors (Lipinski definition) is 0. The molecule has 156 valence electrons. The van der Waals surface area contributed by atoms with E-state index in [4.69, 9.17) is 32.7 Å². The highest BCUT2D eigenvalue weighted by Crippen LogP contribution is 2.42. The third-order valence-corrected chi connectivity index (χ3v) is 7.44. The van der Waals surface area contributed by atoms with Gasteiger partial charge in [-0.3, -0.25) is 0 Å². The maximum atomic E-state index is 6.55. The van der Waals surface area contributed by atoms with E-state index >= 15 is 0 Å². The lowest BCUT2D eigenvalue weighted by Gasteiger charge is -2.30. The van der Waals surface area contributed by atoms with E-state index in [-0.39, 0.29) is 12.2 Å². The van der Waals surface area contributed by atoms with Crippen LogP contribution < -0.4 is 0 Å². The molecule has 0 aromatic rings. The second kappa shape index (κ2) is 11.0. The van der Waals surface area contributed by atoms with Gasteiger partial charge < -0.3 is 9.47 Å². The number of hydrogen-bond acceptors (Lipinski definition) is 2. The first-order valence-corrected chi connectivity index (χ1v) is 12.2. The Morgan fingerprint density at radius 1 is 0.852 bits per heavy atom. The number of rotatable bonds is 4. The van der Waals surface area contributed by atoms with Gasteiger partial charge in [0.05, 0.1) is 12.2 Å². The summed E-state index contributed by atoms with van der Waals surface area (Å²) in [6.45, 7) is 3.90. The van der Waals surface area contributed by atoms with E-state index in [0.29, 0.717) is 25.0 Å². The van der Waals surface area contributed by atoms with Crippen LogP contribution in [0.3, 0.4) is 0 Å². The summed E-state index contributed by atoms with van der Waals surface area (Å²) in [5.41, 5.74) is 0. The Kier molecular flexibility index (Phi) is 9.08. The van der Waals surface area contributed by atoms with Gasteiger partial charge in [-0.2, -0.15) is 0 Å². The normalized spacial score (nSPS) is 34.8. The minimum atomic E-state index is -0.840. The molecule has 4 bridgehead atoms. The predicted octanol–water partition coefficient (Wildman–Crippen LogP) is 7.77. The van der Waals surface area contributed by atoms with Gasteiger partial charge in [-0.1, -0.05) is 64.7 Å². The Morgan fingerprint density at radius 3 is 2.19 bits per heavy atom. The summed E-state index contributed by atoms with van der Waals surface area (Å²) in [6, 6.07) is 0. The van der Waals surface area contributed by atoms with Crippen molar-refractivity contribution in [1.82, 2.24) is 0 Å². The molecule has 2 nitrogen and oxygen atoms in total. The maximum Gasteiger partial charge on any atom is 0.227 e. The van der Waals surface area contributed by atoms with E-state index in [1.54, 1.807) is 0 Å². The topological polar surface area (TPSA) is 18.5 Å². The number of fused-ring (bicyclic) bond motifs is 8. The summed E-state index contributed by atoms with van der Waals surface area (Å²) >= 11 is 13.1. The quantitative estimate of drug-likeness (QED) is 0.435. The fraction of sp³-hybridized carbons (Fsp3) is 0.913. The van der Waals surface area contributed by atoms with Crippen molar-refractivity contribution in [1.29, 1.82) is 0 Å². The first-order chi connectivity index (χ1) is 13.1. The Labute approximate surface area is 177 Å². The molecule has 4 aliphatic rings. The monoisotopic (exact) mass is 416 g/mol. The van der Waals surface area contributed by atoms with Gasteiger partial charge in [-0.25, -0.2) is 0 Å². The Morgan fingerprint density at radius 2 is 1.52 bits per heavy atom. The zero-order valence-corrected chi connectivity index (χ0v) is 18.4. The fourth-order valence-corrected chi connectivity index (χ4v) is 5.78. The molecule has 4 rings (SSSR count). The Hall–Kier alpha value is 0.500. The molecule has 1 aliphatic heterocycles. The molecule has 1 saturated heterocycles. The molecule has 2 radical (unpaired) electrons. The van der Waals surface area contributed by atoms with Crippen LogP contribution in [0.25, 0.3) is 0 Å². The van der Waals surface area contributed by atoms with E-state index in [9.17, 15) is 0 Å². The van der Waals surface area contributed by atoms with Crippen molar-refractivity contribution in [3.05, 3.63) is 13.2 Å². The van der Waals surface area contributed by atoms with E-state index < -0.39 is 4.33 Å². The average molecular weight is 417 g/mol. The fourth-order valence-electron chi connectivity index (χ4n) is 5.29. The van der Waals surface area contributed by atoms with Gasteiger partial charge in [0, 0.05) is 6.42 Å². The van der Waals surface area contributed by atoms with Crippen LogP contribution in [-0.4, -0.2) is 16.5 Å². The molecule has 4 fully saturated rings. The molecule has 4 heteroatoms. The van der Waals surface area contributed by atoms with Crippen molar-refractivity contribution < 1.29 is 9.47 Å². The largest absolute Gasteiger partial charge is 0.342 e. The van der Waals surface area contributed by atoms with Gasteiger partial charge in [0.1, 0.15) is 4.33 Å². The summed E-state index contributed by atoms with van der Waals surface area (Å²) in [4.78, 5) is 0. The van der Waals surface area contributed by atoms with E-state index in [1.165, 1.54) is 64.2 Å². The Balaban J connectivity index is 1.79. The van der Waals surface area contributed by atoms with Crippen molar-refractivity contribution in [2.75, 3.05) is 0 Å². The van der Waals surface area contributed by atoms with Crippen molar-refractivity contribution in [3.63, 3.8) is 0 Å². The van der Waals surface area contributed by atoms with Gasteiger partial charge >= 0.3 is 0 Å². The third kappa shape index (κ3) is 7.36. The lowest BCUT2D eigenvalue weighted by molar-refractivity contribution is -0.107. The highest BCUT2D eigenvalue weighted by molar-refractivity contribution is 6.48. The zero-order chi connectivity index (χ0) is 19.1. The number of alkyl halides is 2.